The van der Waals surface area contributed by atoms with Crippen molar-refractivity contribution in [2.75, 3.05) is 41.7 Å². The van der Waals surface area contributed by atoms with Crippen LogP contribution < -0.4 is 15.5 Å². The number of benzene rings is 2. The summed E-state index contributed by atoms with van der Waals surface area (Å²) in [6.07, 6.45) is 1.27. The van der Waals surface area contributed by atoms with Crippen LogP contribution in [0.2, 0.25) is 0 Å². The summed E-state index contributed by atoms with van der Waals surface area (Å²) in [6.45, 7) is 5.57. The van der Waals surface area contributed by atoms with Crippen LogP contribution in [0.3, 0.4) is 0 Å². The number of likely N-dealkylation sites (N-methyl/N-ethyl adjacent to an activating group) is 1. The molecule has 0 aliphatic carbocycles. The highest BCUT2D eigenvalue weighted by atomic mass is 16.2. The zero-order valence-electron chi connectivity index (χ0n) is 17.5. The lowest BCUT2D eigenvalue weighted by molar-refractivity contribution is -0.120. The Morgan fingerprint density at radius 3 is 2.33 bits per heavy atom. The molecule has 7 heteroatoms. The molecule has 0 spiro atoms. The van der Waals surface area contributed by atoms with Gasteiger partial charge in [0.1, 0.15) is 0 Å². The fraction of sp³-hybridized carbons (Fsp3) is 0.348. The number of rotatable bonds is 8. The largest absolute Gasteiger partial charge is 0.326 e. The first-order valence-electron chi connectivity index (χ1n) is 10.2. The fourth-order valence-electron chi connectivity index (χ4n) is 3.58. The molecule has 2 N–H and O–H groups in total. The van der Waals surface area contributed by atoms with Crippen molar-refractivity contribution in [2.24, 2.45) is 0 Å². The number of hydrogen-bond donors (Lipinski definition) is 2. The van der Waals surface area contributed by atoms with Gasteiger partial charge >= 0.3 is 0 Å². The monoisotopic (exact) mass is 408 g/mol. The van der Waals surface area contributed by atoms with Crippen LogP contribution in [0.1, 0.15) is 25.8 Å². The minimum atomic E-state index is -0.141. The molecule has 3 amide bonds. The maximum Gasteiger partial charge on any atom is 0.238 e. The number of carbonyl (C=O) groups excluding carboxylic acids is 3. The Bertz CT molecular complexity index is 911. The van der Waals surface area contributed by atoms with E-state index in [0.29, 0.717) is 30.9 Å². The van der Waals surface area contributed by atoms with Crippen LogP contribution in [0, 0.1) is 0 Å². The molecule has 0 unspecified atom stereocenters. The third-order valence-corrected chi connectivity index (χ3v) is 5.13. The van der Waals surface area contributed by atoms with Crippen molar-refractivity contribution < 1.29 is 14.4 Å². The van der Waals surface area contributed by atoms with Gasteiger partial charge in [-0.05, 0) is 48.9 Å². The number of nitrogens with zero attached hydrogens (tertiary/aromatic N) is 2. The third kappa shape index (κ3) is 5.67. The number of para-hydroxylation sites is 1. The molecule has 158 valence electrons. The molecule has 0 fully saturated rings. The smallest absolute Gasteiger partial charge is 0.238 e. The summed E-state index contributed by atoms with van der Waals surface area (Å²) in [5, 5.41) is 5.54. The van der Waals surface area contributed by atoms with Crippen molar-refractivity contribution in [1.82, 2.24) is 4.90 Å². The Labute approximate surface area is 177 Å². The predicted molar refractivity (Wildman–Crippen MR) is 119 cm³/mol. The van der Waals surface area contributed by atoms with Crippen LogP contribution in [-0.4, -0.2) is 48.8 Å². The first kappa shape index (κ1) is 21.5. The third-order valence-electron chi connectivity index (χ3n) is 5.13. The number of carbonyl (C=O) groups is 3. The lowest BCUT2D eigenvalue weighted by Gasteiger charge is -2.22. The van der Waals surface area contributed by atoms with E-state index in [2.05, 4.69) is 16.7 Å². The number of nitrogens with one attached hydrogen (secondary N) is 2. The highest BCUT2D eigenvalue weighted by molar-refractivity contribution is 5.96. The second-order valence-corrected chi connectivity index (χ2v) is 7.35. The molecule has 0 aromatic heterocycles. The highest BCUT2D eigenvalue weighted by Crippen LogP contribution is 2.27. The van der Waals surface area contributed by atoms with Crippen molar-refractivity contribution in [1.29, 1.82) is 0 Å². The molecule has 7 nitrogen and oxygen atoms in total. The van der Waals surface area contributed by atoms with Crippen molar-refractivity contribution in [3.05, 3.63) is 54.1 Å². The molecule has 0 atom stereocenters. The minimum Gasteiger partial charge on any atom is -0.326 e. The van der Waals surface area contributed by atoms with Crippen molar-refractivity contribution in [2.45, 2.75) is 26.7 Å². The van der Waals surface area contributed by atoms with E-state index in [-0.39, 0.29) is 24.3 Å². The van der Waals surface area contributed by atoms with Crippen LogP contribution in [0.25, 0.3) is 0 Å². The van der Waals surface area contributed by atoms with Crippen molar-refractivity contribution in [3.8, 4) is 0 Å². The van der Waals surface area contributed by atoms with Gasteiger partial charge in [-0.1, -0.05) is 25.1 Å². The molecular weight excluding hydrogens is 380 g/mol. The topological polar surface area (TPSA) is 81.8 Å². The Morgan fingerprint density at radius 1 is 1.00 bits per heavy atom. The second kappa shape index (κ2) is 10.0. The van der Waals surface area contributed by atoms with E-state index in [1.807, 2.05) is 34.9 Å². The molecule has 0 bridgehead atoms. The summed E-state index contributed by atoms with van der Waals surface area (Å²) in [5.41, 5.74) is 3.56. The van der Waals surface area contributed by atoms with E-state index >= 15 is 0 Å². The molecular formula is C23H28N4O3. The van der Waals surface area contributed by atoms with Crippen LogP contribution in [0.15, 0.2) is 48.5 Å². The summed E-state index contributed by atoms with van der Waals surface area (Å²) in [6, 6.07) is 15.0. The normalized spacial score (nSPS) is 12.6. The molecule has 0 saturated heterocycles. The maximum absolute atomic E-state index is 12.7. The summed E-state index contributed by atoms with van der Waals surface area (Å²) in [7, 11) is 0. The van der Waals surface area contributed by atoms with Gasteiger partial charge in [-0.3, -0.25) is 19.3 Å². The van der Waals surface area contributed by atoms with Gasteiger partial charge in [-0.15, -0.1) is 0 Å². The summed E-state index contributed by atoms with van der Waals surface area (Å²) >= 11 is 0. The molecule has 30 heavy (non-hydrogen) atoms. The Kier molecular flexibility index (Phi) is 7.19. The van der Waals surface area contributed by atoms with Gasteiger partial charge in [0, 0.05) is 43.5 Å². The van der Waals surface area contributed by atoms with Crippen molar-refractivity contribution >= 4 is 34.8 Å². The first-order valence-corrected chi connectivity index (χ1v) is 10.2. The lowest BCUT2D eigenvalue weighted by Crippen LogP contribution is -2.37. The number of amides is 3. The van der Waals surface area contributed by atoms with E-state index < -0.39 is 0 Å². The summed E-state index contributed by atoms with van der Waals surface area (Å²) in [4.78, 5) is 40.0. The van der Waals surface area contributed by atoms with Gasteiger partial charge in [-0.25, -0.2) is 0 Å². The fourth-order valence-corrected chi connectivity index (χ4v) is 3.58. The lowest BCUT2D eigenvalue weighted by atomic mass is 10.2. The van der Waals surface area contributed by atoms with E-state index in [1.54, 1.807) is 24.3 Å². The quantitative estimate of drug-likeness (QED) is 0.704. The SMILES string of the molecule is CCN(CCC(=O)N1CCc2ccccc21)CC(=O)Nc1ccc(NC(C)=O)cc1. The van der Waals surface area contributed by atoms with E-state index in [4.69, 9.17) is 0 Å². The Morgan fingerprint density at radius 2 is 1.67 bits per heavy atom. The average Bonchev–Trinajstić information content (AvgIpc) is 3.16. The number of hydrogen-bond acceptors (Lipinski definition) is 4. The molecule has 1 heterocycles. The minimum absolute atomic E-state index is 0.0902. The van der Waals surface area contributed by atoms with Crippen LogP contribution in [0.5, 0.6) is 0 Å². The molecule has 0 saturated carbocycles. The zero-order chi connectivity index (χ0) is 21.5. The molecule has 1 aliphatic rings. The zero-order valence-corrected chi connectivity index (χ0v) is 17.5. The average molecular weight is 409 g/mol. The van der Waals surface area contributed by atoms with E-state index in [9.17, 15) is 14.4 Å². The van der Waals surface area contributed by atoms with Crippen LogP contribution in [-0.2, 0) is 20.8 Å². The van der Waals surface area contributed by atoms with Gasteiger partial charge in [0.2, 0.25) is 17.7 Å². The van der Waals surface area contributed by atoms with Crippen LogP contribution in [0.4, 0.5) is 17.1 Å². The van der Waals surface area contributed by atoms with Gasteiger partial charge in [0.25, 0.3) is 0 Å². The highest BCUT2D eigenvalue weighted by Gasteiger charge is 2.24. The van der Waals surface area contributed by atoms with E-state index in [0.717, 1.165) is 18.7 Å². The van der Waals surface area contributed by atoms with Crippen LogP contribution >= 0.6 is 0 Å². The molecule has 1 aliphatic heterocycles. The maximum atomic E-state index is 12.7. The summed E-state index contributed by atoms with van der Waals surface area (Å²) in [5.74, 6) is -0.187. The molecule has 2 aromatic rings. The summed E-state index contributed by atoms with van der Waals surface area (Å²) < 4.78 is 0. The van der Waals surface area contributed by atoms with Gasteiger partial charge in [0.05, 0.1) is 6.54 Å². The standard InChI is InChI=1S/C23H28N4O3/c1-3-26(14-13-23(30)27-15-12-18-6-4-5-7-21(18)27)16-22(29)25-20-10-8-19(9-11-20)24-17(2)28/h4-11H,3,12-16H2,1-2H3,(H,24,28)(H,25,29). The van der Waals surface area contributed by atoms with Gasteiger partial charge in [0.15, 0.2) is 0 Å². The van der Waals surface area contributed by atoms with E-state index in [1.165, 1.54) is 12.5 Å². The number of anilines is 3. The van der Waals surface area contributed by atoms with Crippen molar-refractivity contribution in [3.63, 3.8) is 0 Å². The second-order valence-electron chi connectivity index (χ2n) is 7.35. The molecule has 2 aromatic carbocycles. The Balaban J connectivity index is 1.47. The van der Waals surface area contributed by atoms with Gasteiger partial charge < -0.3 is 15.5 Å². The first-order chi connectivity index (χ1) is 14.5. The van der Waals surface area contributed by atoms with Gasteiger partial charge in [-0.2, -0.15) is 0 Å². The molecule has 0 radical (unpaired) electrons. The predicted octanol–water partition coefficient (Wildman–Crippen LogP) is 2.88. The molecule has 3 rings (SSSR count). The number of fused-ring (bicyclic) bond motifs is 1. The Hall–Kier alpha value is -3.19.